The summed E-state index contributed by atoms with van der Waals surface area (Å²) in [5.74, 6) is 0. The molecule has 1 aliphatic heterocycles. The molecule has 0 aromatic heterocycles. The summed E-state index contributed by atoms with van der Waals surface area (Å²) in [5.41, 5.74) is 3.89. The van der Waals surface area contributed by atoms with Gasteiger partial charge in [-0.15, -0.1) is 0 Å². The molecular formula is C19H30N2O2. The average Bonchev–Trinajstić information content (AvgIpc) is 2.44. The zero-order valence-corrected chi connectivity index (χ0v) is 14.9. The molecule has 1 aromatic rings. The molecule has 0 saturated heterocycles. The maximum atomic E-state index is 11.5. The van der Waals surface area contributed by atoms with E-state index in [0.29, 0.717) is 6.54 Å². The standard InChI is InChI=1S/C19H30N2O2/c1-15-7-8-16-9-12-21(14-17(16)13-15)11-6-5-10-20-18(22)23-19(2,3)4/h7-8,13H,5-6,9-12,14H2,1-4H3,(H,20,22). The van der Waals surface area contributed by atoms with Gasteiger partial charge in [0.2, 0.25) is 0 Å². The maximum absolute atomic E-state index is 11.5. The van der Waals surface area contributed by atoms with Crippen LogP contribution < -0.4 is 5.32 Å². The Morgan fingerprint density at radius 3 is 2.78 bits per heavy atom. The number of ether oxygens (including phenoxy) is 1. The smallest absolute Gasteiger partial charge is 0.407 e. The highest BCUT2D eigenvalue weighted by molar-refractivity contribution is 5.67. The largest absolute Gasteiger partial charge is 0.444 e. The normalized spacial score (nSPS) is 15.1. The lowest BCUT2D eigenvalue weighted by Gasteiger charge is -2.29. The van der Waals surface area contributed by atoms with Gasteiger partial charge in [0.1, 0.15) is 5.60 Å². The number of carbonyl (C=O) groups excluding carboxylic acids is 1. The third-order valence-corrected chi connectivity index (χ3v) is 4.02. The van der Waals surface area contributed by atoms with Crippen molar-refractivity contribution < 1.29 is 9.53 Å². The second kappa shape index (κ2) is 7.82. The van der Waals surface area contributed by atoms with Crippen molar-refractivity contribution >= 4 is 6.09 Å². The minimum atomic E-state index is -0.427. The van der Waals surface area contributed by atoms with Crippen LogP contribution in [0.25, 0.3) is 0 Å². The van der Waals surface area contributed by atoms with E-state index in [1.807, 2.05) is 20.8 Å². The molecule has 0 radical (unpaired) electrons. The summed E-state index contributed by atoms with van der Waals surface area (Å²) >= 11 is 0. The number of hydrogen-bond acceptors (Lipinski definition) is 3. The van der Waals surface area contributed by atoms with Crippen molar-refractivity contribution in [3.8, 4) is 0 Å². The molecule has 0 saturated carbocycles. The summed E-state index contributed by atoms with van der Waals surface area (Å²) in [6.45, 7) is 11.7. The van der Waals surface area contributed by atoms with Gasteiger partial charge in [-0.1, -0.05) is 23.8 Å². The molecule has 4 heteroatoms. The number of hydrogen-bond donors (Lipinski definition) is 1. The molecule has 2 rings (SSSR count). The monoisotopic (exact) mass is 318 g/mol. The summed E-state index contributed by atoms with van der Waals surface area (Å²) in [5, 5.41) is 2.82. The number of nitrogens with one attached hydrogen (secondary N) is 1. The summed E-state index contributed by atoms with van der Waals surface area (Å²) in [4.78, 5) is 14.1. The van der Waals surface area contributed by atoms with Crippen LogP contribution in [-0.4, -0.2) is 36.2 Å². The van der Waals surface area contributed by atoms with Crippen LogP contribution in [0.3, 0.4) is 0 Å². The van der Waals surface area contributed by atoms with E-state index in [2.05, 4.69) is 35.3 Å². The molecule has 0 unspecified atom stereocenters. The highest BCUT2D eigenvalue weighted by atomic mass is 16.6. The first kappa shape index (κ1) is 17.8. The van der Waals surface area contributed by atoms with E-state index in [1.165, 1.54) is 16.7 Å². The fourth-order valence-electron chi connectivity index (χ4n) is 2.90. The van der Waals surface area contributed by atoms with E-state index in [9.17, 15) is 4.79 Å². The van der Waals surface area contributed by atoms with Gasteiger partial charge in [-0.25, -0.2) is 4.79 Å². The number of nitrogens with zero attached hydrogens (tertiary/aromatic N) is 1. The number of rotatable bonds is 5. The molecule has 0 atom stereocenters. The molecule has 0 fully saturated rings. The first-order chi connectivity index (χ1) is 10.8. The SMILES string of the molecule is Cc1ccc2c(c1)CN(CCCCNC(=O)OC(C)(C)C)CC2. The molecule has 0 aliphatic carbocycles. The van der Waals surface area contributed by atoms with E-state index in [-0.39, 0.29) is 6.09 Å². The van der Waals surface area contributed by atoms with E-state index in [4.69, 9.17) is 4.74 Å². The minimum Gasteiger partial charge on any atom is -0.444 e. The highest BCUT2D eigenvalue weighted by Gasteiger charge is 2.17. The number of benzene rings is 1. The number of fused-ring (bicyclic) bond motifs is 1. The molecule has 1 aliphatic rings. The molecule has 1 aromatic carbocycles. The van der Waals surface area contributed by atoms with Crippen LogP contribution in [0, 0.1) is 6.92 Å². The van der Waals surface area contributed by atoms with Gasteiger partial charge in [0.25, 0.3) is 0 Å². The summed E-state index contributed by atoms with van der Waals surface area (Å²) in [7, 11) is 0. The van der Waals surface area contributed by atoms with Crippen molar-refractivity contribution in [1.82, 2.24) is 10.2 Å². The second-order valence-electron chi connectivity index (χ2n) is 7.43. The van der Waals surface area contributed by atoms with Crippen LogP contribution in [0.4, 0.5) is 4.79 Å². The molecule has 1 amide bonds. The number of unbranched alkanes of at least 4 members (excludes halogenated alkanes) is 1. The van der Waals surface area contributed by atoms with Gasteiger partial charge in [0.15, 0.2) is 0 Å². The fourth-order valence-corrected chi connectivity index (χ4v) is 2.90. The zero-order valence-electron chi connectivity index (χ0n) is 14.9. The summed E-state index contributed by atoms with van der Waals surface area (Å²) < 4.78 is 5.22. The second-order valence-corrected chi connectivity index (χ2v) is 7.43. The van der Waals surface area contributed by atoms with E-state index in [0.717, 1.165) is 38.9 Å². The molecule has 1 heterocycles. The Morgan fingerprint density at radius 1 is 1.26 bits per heavy atom. The van der Waals surface area contributed by atoms with E-state index >= 15 is 0 Å². The van der Waals surface area contributed by atoms with Gasteiger partial charge in [0.05, 0.1) is 0 Å². The number of carbonyl (C=O) groups is 1. The lowest BCUT2D eigenvalue weighted by atomic mass is 9.97. The van der Waals surface area contributed by atoms with Crippen molar-refractivity contribution in [3.63, 3.8) is 0 Å². The molecule has 4 nitrogen and oxygen atoms in total. The van der Waals surface area contributed by atoms with Crippen molar-refractivity contribution in [3.05, 3.63) is 34.9 Å². The van der Waals surface area contributed by atoms with Crippen LogP contribution in [0.2, 0.25) is 0 Å². The highest BCUT2D eigenvalue weighted by Crippen LogP contribution is 2.20. The minimum absolute atomic E-state index is 0.320. The lowest BCUT2D eigenvalue weighted by Crippen LogP contribution is -2.34. The van der Waals surface area contributed by atoms with Gasteiger partial charge < -0.3 is 10.1 Å². The van der Waals surface area contributed by atoms with Gasteiger partial charge >= 0.3 is 6.09 Å². The Hall–Kier alpha value is -1.55. The van der Waals surface area contributed by atoms with Crippen LogP contribution >= 0.6 is 0 Å². The summed E-state index contributed by atoms with van der Waals surface area (Å²) in [6, 6.07) is 6.79. The average molecular weight is 318 g/mol. The maximum Gasteiger partial charge on any atom is 0.407 e. The lowest BCUT2D eigenvalue weighted by molar-refractivity contribution is 0.0526. The van der Waals surface area contributed by atoms with Gasteiger partial charge in [-0.05, 0) is 64.6 Å². The van der Waals surface area contributed by atoms with Crippen molar-refractivity contribution in [1.29, 1.82) is 0 Å². The predicted molar refractivity (Wildman–Crippen MR) is 93.6 cm³/mol. The van der Waals surface area contributed by atoms with Crippen LogP contribution in [0.1, 0.15) is 50.3 Å². The number of alkyl carbamates (subject to hydrolysis) is 1. The van der Waals surface area contributed by atoms with Gasteiger partial charge in [-0.3, -0.25) is 4.90 Å². The number of aryl methyl sites for hydroxylation is 1. The van der Waals surface area contributed by atoms with Crippen LogP contribution in [-0.2, 0) is 17.7 Å². The Morgan fingerprint density at radius 2 is 2.04 bits per heavy atom. The van der Waals surface area contributed by atoms with Crippen LogP contribution in [0.15, 0.2) is 18.2 Å². The van der Waals surface area contributed by atoms with Gasteiger partial charge in [0, 0.05) is 19.6 Å². The third-order valence-electron chi connectivity index (χ3n) is 4.02. The summed E-state index contributed by atoms with van der Waals surface area (Å²) in [6.07, 6.45) is 2.90. The predicted octanol–water partition coefficient (Wildman–Crippen LogP) is 3.66. The Kier molecular flexibility index (Phi) is 6.05. The quantitative estimate of drug-likeness (QED) is 0.843. The first-order valence-electron chi connectivity index (χ1n) is 8.61. The van der Waals surface area contributed by atoms with Gasteiger partial charge in [-0.2, -0.15) is 0 Å². The van der Waals surface area contributed by atoms with Crippen LogP contribution in [0.5, 0.6) is 0 Å². The Labute approximate surface area is 140 Å². The van der Waals surface area contributed by atoms with Crippen molar-refractivity contribution in [2.75, 3.05) is 19.6 Å². The Bertz CT molecular complexity index is 535. The first-order valence-corrected chi connectivity index (χ1v) is 8.61. The Balaban J connectivity index is 1.63. The third kappa shape index (κ3) is 6.22. The molecule has 23 heavy (non-hydrogen) atoms. The van der Waals surface area contributed by atoms with Crippen molar-refractivity contribution in [2.24, 2.45) is 0 Å². The molecule has 0 bridgehead atoms. The molecule has 128 valence electrons. The fraction of sp³-hybridized carbons (Fsp3) is 0.632. The molecule has 0 spiro atoms. The van der Waals surface area contributed by atoms with E-state index in [1.54, 1.807) is 0 Å². The molecular weight excluding hydrogens is 288 g/mol. The molecule has 1 N–H and O–H groups in total. The zero-order chi connectivity index (χ0) is 16.9. The van der Waals surface area contributed by atoms with Crippen molar-refractivity contribution in [2.45, 2.75) is 59.1 Å². The topological polar surface area (TPSA) is 41.6 Å². The van der Waals surface area contributed by atoms with E-state index < -0.39 is 5.60 Å². The number of amides is 1.